The van der Waals surface area contributed by atoms with Gasteiger partial charge in [-0.3, -0.25) is 5.26 Å². The first-order valence-corrected chi connectivity index (χ1v) is 3.37. The summed E-state index contributed by atoms with van der Waals surface area (Å²) in [4.78, 5) is 3.29. The molecule has 1 aromatic carbocycles. The summed E-state index contributed by atoms with van der Waals surface area (Å²) in [6, 6.07) is 0.946. The molecular formula is C6H5BF2O5. The number of phenolic OH excluding ortho intramolecular Hbond substituents is 1. The average molecular weight is 206 g/mol. The number of aromatic hydroxyl groups is 1. The van der Waals surface area contributed by atoms with Gasteiger partial charge >= 0.3 is 7.32 Å². The molecule has 1 rings (SSSR count). The summed E-state index contributed by atoms with van der Waals surface area (Å²) >= 11 is 0. The van der Waals surface area contributed by atoms with Crippen LogP contribution in [-0.4, -0.2) is 22.7 Å². The first kappa shape index (κ1) is 10.7. The second-order valence-corrected chi connectivity index (χ2v) is 2.26. The topological polar surface area (TPSA) is 79.2 Å². The molecule has 14 heavy (non-hydrogen) atoms. The molecule has 0 aromatic heterocycles. The fourth-order valence-electron chi connectivity index (χ4n) is 0.743. The van der Waals surface area contributed by atoms with Crippen LogP contribution in [0.1, 0.15) is 0 Å². The van der Waals surface area contributed by atoms with Crippen LogP contribution in [0.3, 0.4) is 0 Å². The van der Waals surface area contributed by atoms with Crippen molar-refractivity contribution in [3.63, 3.8) is 0 Å². The van der Waals surface area contributed by atoms with Gasteiger partial charge in [-0.2, -0.15) is 0 Å². The lowest BCUT2D eigenvalue weighted by molar-refractivity contribution is -0.171. The Labute approximate surface area is 77.2 Å². The quantitative estimate of drug-likeness (QED) is 0.381. The van der Waals surface area contributed by atoms with E-state index in [1.165, 1.54) is 0 Å². The van der Waals surface area contributed by atoms with Crippen LogP contribution in [0.5, 0.6) is 11.5 Å². The molecule has 0 atom stereocenters. The molecule has 0 radical (unpaired) electrons. The van der Waals surface area contributed by atoms with Gasteiger partial charge in [0.25, 0.3) is 0 Å². The summed E-state index contributed by atoms with van der Waals surface area (Å²) in [6.07, 6.45) is 0. The summed E-state index contributed by atoms with van der Waals surface area (Å²) in [5.41, 5.74) is 0. The molecule has 76 valence electrons. The van der Waals surface area contributed by atoms with Crippen LogP contribution in [0, 0.1) is 11.6 Å². The molecule has 0 fully saturated rings. The van der Waals surface area contributed by atoms with Crippen LogP contribution in [0.4, 0.5) is 8.78 Å². The second kappa shape index (κ2) is 4.22. The minimum atomic E-state index is -2.09. The van der Waals surface area contributed by atoms with Crippen LogP contribution in [0.25, 0.3) is 0 Å². The van der Waals surface area contributed by atoms with Gasteiger partial charge in [0.1, 0.15) is 5.75 Å². The molecule has 0 aliphatic rings. The molecule has 0 unspecified atom stereocenters. The average Bonchev–Trinajstić information content (AvgIpc) is 2.14. The Hall–Kier alpha value is -1.38. The molecule has 0 heterocycles. The van der Waals surface area contributed by atoms with Crippen LogP contribution >= 0.6 is 0 Å². The van der Waals surface area contributed by atoms with Crippen molar-refractivity contribution in [2.75, 3.05) is 0 Å². The van der Waals surface area contributed by atoms with Gasteiger partial charge in [-0.15, -0.1) is 0 Å². The molecule has 0 saturated carbocycles. The highest BCUT2D eigenvalue weighted by Crippen LogP contribution is 2.28. The molecule has 3 N–H and O–H groups in total. The van der Waals surface area contributed by atoms with Crippen molar-refractivity contribution < 1.29 is 33.6 Å². The van der Waals surface area contributed by atoms with Gasteiger partial charge in [0.15, 0.2) is 17.4 Å². The second-order valence-electron chi connectivity index (χ2n) is 2.26. The predicted octanol–water partition coefficient (Wildman–Crippen LogP) is 0.516. The van der Waals surface area contributed by atoms with Crippen LogP contribution in [-0.2, 0) is 4.81 Å². The Morgan fingerprint density at radius 2 is 1.79 bits per heavy atom. The van der Waals surface area contributed by atoms with Gasteiger partial charge in [0.05, 0.1) is 0 Å². The highest BCUT2D eigenvalue weighted by Gasteiger charge is 2.21. The molecule has 0 spiro atoms. The van der Waals surface area contributed by atoms with E-state index in [0.29, 0.717) is 12.1 Å². The number of hydrogen-bond acceptors (Lipinski definition) is 5. The Morgan fingerprint density at radius 1 is 1.21 bits per heavy atom. The van der Waals surface area contributed by atoms with E-state index >= 15 is 0 Å². The van der Waals surface area contributed by atoms with E-state index in [4.69, 9.17) is 15.4 Å². The van der Waals surface area contributed by atoms with Gasteiger partial charge < -0.3 is 14.8 Å². The van der Waals surface area contributed by atoms with Crippen molar-refractivity contribution in [2.24, 2.45) is 0 Å². The normalized spacial score (nSPS) is 10.0. The highest BCUT2D eigenvalue weighted by atomic mass is 19.2. The van der Waals surface area contributed by atoms with E-state index in [1.807, 2.05) is 0 Å². The Morgan fingerprint density at radius 3 is 2.36 bits per heavy atom. The maximum atomic E-state index is 12.6. The van der Waals surface area contributed by atoms with Gasteiger partial charge in [0, 0.05) is 12.1 Å². The van der Waals surface area contributed by atoms with Gasteiger partial charge in [-0.05, 0) is 0 Å². The van der Waals surface area contributed by atoms with E-state index in [-0.39, 0.29) is 0 Å². The maximum absolute atomic E-state index is 12.6. The van der Waals surface area contributed by atoms with Crippen molar-refractivity contribution in [3.05, 3.63) is 23.8 Å². The largest absolute Gasteiger partial charge is 0.739 e. The minimum Gasteiger partial charge on any atom is -0.507 e. The molecule has 0 amide bonds. The van der Waals surface area contributed by atoms with Gasteiger partial charge in [-0.1, -0.05) is 0 Å². The number of benzene rings is 1. The first-order chi connectivity index (χ1) is 6.54. The lowest BCUT2D eigenvalue weighted by Gasteiger charge is -2.08. The molecule has 0 aliphatic carbocycles. The van der Waals surface area contributed by atoms with E-state index in [0.717, 1.165) is 0 Å². The molecule has 1 aromatic rings. The third kappa shape index (κ3) is 2.31. The summed E-state index contributed by atoms with van der Waals surface area (Å²) in [5.74, 6) is -3.84. The zero-order valence-electron chi connectivity index (χ0n) is 6.65. The lowest BCUT2D eigenvalue weighted by atomic mass is 10.2. The Kier molecular flexibility index (Phi) is 3.23. The number of rotatable bonds is 3. The molecule has 0 bridgehead atoms. The predicted molar refractivity (Wildman–Crippen MR) is 40.3 cm³/mol. The summed E-state index contributed by atoms with van der Waals surface area (Å²) in [5, 5.41) is 25.4. The number of phenols is 1. The molecular weight excluding hydrogens is 201 g/mol. The molecule has 5 nitrogen and oxygen atoms in total. The summed E-state index contributed by atoms with van der Waals surface area (Å²) in [7, 11) is -2.09. The van der Waals surface area contributed by atoms with E-state index < -0.39 is 30.5 Å². The van der Waals surface area contributed by atoms with E-state index in [2.05, 4.69) is 9.46 Å². The number of hydrogen-bond donors (Lipinski definition) is 3. The Balaban J connectivity index is 2.92. The first-order valence-electron chi connectivity index (χ1n) is 3.37. The monoisotopic (exact) mass is 206 g/mol. The number of halogens is 2. The minimum absolute atomic E-state index is 0.453. The summed E-state index contributed by atoms with van der Waals surface area (Å²) in [6.45, 7) is 0. The van der Waals surface area contributed by atoms with Gasteiger partial charge in [0.2, 0.25) is 0 Å². The van der Waals surface area contributed by atoms with Crippen LogP contribution < -0.4 is 4.65 Å². The fraction of sp³-hybridized carbons (Fsp3) is 0. The highest BCUT2D eigenvalue weighted by molar-refractivity contribution is 6.35. The third-order valence-electron chi connectivity index (χ3n) is 1.32. The summed E-state index contributed by atoms with van der Waals surface area (Å²) < 4.78 is 29.3. The van der Waals surface area contributed by atoms with Crippen molar-refractivity contribution in [1.29, 1.82) is 0 Å². The zero-order chi connectivity index (χ0) is 10.7. The van der Waals surface area contributed by atoms with E-state index in [1.54, 1.807) is 0 Å². The molecule has 8 heteroatoms. The van der Waals surface area contributed by atoms with Gasteiger partial charge in [-0.25, -0.2) is 13.6 Å². The fourth-order valence-corrected chi connectivity index (χ4v) is 0.743. The lowest BCUT2D eigenvalue weighted by Crippen LogP contribution is -2.24. The third-order valence-corrected chi connectivity index (χ3v) is 1.32. The Bertz CT molecular complexity index is 334. The SMILES string of the molecule is OOB(O)Oc1cc(F)c(F)cc1O. The molecule has 0 aliphatic heterocycles. The smallest absolute Gasteiger partial charge is 0.507 e. The van der Waals surface area contributed by atoms with Crippen molar-refractivity contribution in [1.82, 2.24) is 0 Å². The van der Waals surface area contributed by atoms with Crippen LogP contribution in [0.2, 0.25) is 0 Å². The molecule has 0 saturated heterocycles. The van der Waals surface area contributed by atoms with E-state index in [9.17, 15) is 8.78 Å². The zero-order valence-corrected chi connectivity index (χ0v) is 6.65. The van der Waals surface area contributed by atoms with Crippen molar-refractivity contribution in [2.45, 2.75) is 0 Å². The maximum Gasteiger partial charge on any atom is 0.739 e. The standard InChI is InChI=1S/C6H5BF2O5/c8-3-1-5(10)6(2-4(3)9)13-7(11)14-12/h1-2,10-12H. The van der Waals surface area contributed by atoms with Crippen LogP contribution in [0.15, 0.2) is 12.1 Å². The van der Waals surface area contributed by atoms with Crippen molar-refractivity contribution >= 4 is 7.32 Å². The van der Waals surface area contributed by atoms with Crippen molar-refractivity contribution in [3.8, 4) is 11.5 Å².